The molecule has 2 heterocycles. The van der Waals surface area contributed by atoms with E-state index < -0.39 is 12.0 Å². The highest BCUT2D eigenvalue weighted by Gasteiger charge is 2.36. The molecule has 0 saturated carbocycles. The molecule has 0 aromatic carbocycles. The Kier molecular flexibility index (Phi) is 4.11. The molecule has 1 fully saturated rings. The second kappa shape index (κ2) is 5.63. The number of alkyl halides is 3. The van der Waals surface area contributed by atoms with Crippen LogP contribution < -0.4 is 10.2 Å². The third-order valence-corrected chi connectivity index (χ3v) is 3.00. The minimum atomic E-state index is -4.52. The van der Waals surface area contributed by atoms with Crippen molar-refractivity contribution in [1.29, 1.82) is 0 Å². The Hall–Kier alpha value is -1.53. The Morgan fingerprint density at radius 3 is 2.47 bits per heavy atom. The molecular formula is C12H17F3N4. The summed E-state index contributed by atoms with van der Waals surface area (Å²) in [4.78, 5) is 9.07. The Labute approximate surface area is 110 Å². The summed E-state index contributed by atoms with van der Waals surface area (Å²) in [5.74, 6) is -0.491. The van der Waals surface area contributed by atoms with Crippen molar-refractivity contribution >= 4 is 11.6 Å². The van der Waals surface area contributed by atoms with Crippen LogP contribution in [0.2, 0.25) is 0 Å². The van der Waals surface area contributed by atoms with Crippen molar-refractivity contribution in [3.8, 4) is 0 Å². The highest BCUT2D eigenvalue weighted by atomic mass is 19.4. The van der Waals surface area contributed by atoms with Crippen LogP contribution in [0.3, 0.4) is 0 Å². The van der Waals surface area contributed by atoms with Crippen molar-refractivity contribution in [2.45, 2.75) is 32.4 Å². The second-order valence-electron chi connectivity index (χ2n) is 4.51. The molecule has 106 valence electrons. The lowest BCUT2D eigenvalue weighted by molar-refractivity contribution is -0.144. The quantitative estimate of drug-likeness (QED) is 0.920. The minimum absolute atomic E-state index is 0.227. The average Bonchev–Trinajstić information content (AvgIpc) is 2.39. The molecule has 19 heavy (non-hydrogen) atoms. The number of nitrogens with one attached hydrogen (secondary N) is 1. The first-order valence-electron chi connectivity index (χ1n) is 6.46. The predicted octanol–water partition coefficient (Wildman–Crippen LogP) is 2.92. The van der Waals surface area contributed by atoms with Crippen LogP contribution in [-0.4, -0.2) is 29.6 Å². The molecule has 2 rings (SSSR count). The van der Waals surface area contributed by atoms with Gasteiger partial charge in [-0.15, -0.1) is 0 Å². The SMILES string of the molecule is CCNc1cc(N2CCCCC2)nc(C(F)(F)F)n1. The molecule has 0 aliphatic carbocycles. The van der Waals surface area contributed by atoms with E-state index in [1.807, 2.05) is 11.8 Å². The largest absolute Gasteiger partial charge is 0.451 e. The van der Waals surface area contributed by atoms with Gasteiger partial charge in [-0.05, 0) is 26.2 Å². The van der Waals surface area contributed by atoms with Gasteiger partial charge in [-0.1, -0.05) is 0 Å². The van der Waals surface area contributed by atoms with Crippen LogP contribution in [0.1, 0.15) is 32.0 Å². The van der Waals surface area contributed by atoms with E-state index in [1.165, 1.54) is 0 Å². The summed E-state index contributed by atoms with van der Waals surface area (Å²) in [5, 5.41) is 2.82. The van der Waals surface area contributed by atoms with E-state index >= 15 is 0 Å². The van der Waals surface area contributed by atoms with Crippen LogP contribution in [0.15, 0.2) is 6.07 Å². The van der Waals surface area contributed by atoms with Crippen molar-refractivity contribution in [2.75, 3.05) is 29.9 Å². The number of piperidine rings is 1. The summed E-state index contributed by atoms with van der Waals surface area (Å²) in [6, 6.07) is 1.59. The molecule has 1 aromatic heterocycles. The first-order valence-corrected chi connectivity index (χ1v) is 6.46. The lowest BCUT2D eigenvalue weighted by atomic mass is 10.1. The molecule has 4 nitrogen and oxygen atoms in total. The number of aromatic nitrogens is 2. The molecule has 7 heteroatoms. The summed E-state index contributed by atoms with van der Waals surface area (Å²) < 4.78 is 38.4. The van der Waals surface area contributed by atoms with Gasteiger partial charge >= 0.3 is 6.18 Å². The van der Waals surface area contributed by atoms with Crippen molar-refractivity contribution in [3.63, 3.8) is 0 Å². The van der Waals surface area contributed by atoms with Crippen LogP contribution in [0.4, 0.5) is 24.8 Å². The van der Waals surface area contributed by atoms with Gasteiger partial charge in [0.15, 0.2) is 0 Å². The molecule has 0 unspecified atom stereocenters. The molecule has 0 bridgehead atoms. The summed E-state index contributed by atoms with van der Waals surface area (Å²) >= 11 is 0. The molecular weight excluding hydrogens is 257 g/mol. The van der Waals surface area contributed by atoms with E-state index in [9.17, 15) is 13.2 Å². The average molecular weight is 274 g/mol. The first kappa shape index (κ1) is 13.9. The molecule has 1 aromatic rings. The van der Waals surface area contributed by atoms with Crippen molar-refractivity contribution < 1.29 is 13.2 Å². The molecule has 1 aliphatic rings. The van der Waals surface area contributed by atoms with Gasteiger partial charge in [-0.25, -0.2) is 9.97 Å². The van der Waals surface area contributed by atoms with E-state index in [1.54, 1.807) is 6.07 Å². The minimum Gasteiger partial charge on any atom is -0.370 e. The number of rotatable bonds is 3. The lowest BCUT2D eigenvalue weighted by Gasteiger charge is -2.28. The van der Waals surface area contributed by atoms with Crippen LogP contribution in [0.5, 0.6) is 0 Å². The molecule has 0 amide bonds. The maximum Gasteiger partial charge on any atom is 0.451 e. The maximum absolute atomic E-state index is 12.8. The summed E-state index contributed by atoms with van der Waals surface area (Å²) in [6.45, 7) is 3.84. The topological polar surface area (TPSA) is 41.0 Å². The third-order valence-electron chi connectivity index (χ3n) is 3.00. The number of hydrogen-bond donors (Lipinski definition) is 1. The molecule has 0 atom stereocenters. The van der Waals surface area contributed by atoms with E-state index in [4.69, 9.17) is 0 Å². The third kappa shape index (κ3) is 3.48. The maximum atomic E-state index is 12.8. The van der Waals surface area contributed by atoms with Crippen LogP contribution in [0, 0.1) is 0 Å². The smallest absolute Gasteiger partial charge is 0.370 e. The summed E-state index contributed by atoms with van der Waals surface area (Å²) in [6.07, 6.45) is -1.42. The summed E-state index contributed by atoms with van der Waals surface area (Å²) in [7, 11) is 0. The Morgan fingerprint density at radius 2 is 1.89 bits per heavy atom. The fourth-order valence-corrected chi connectivity index (χ4v) is 2.12. The van der Waals surface area contributed by atoms with Crippen LogP contribution in [0.25, 0.3) is 0 Å². The Bertz CT molecular complexity index is 427. The van der Waals surface area contributed by atoms with Crippen LogP contribution in [-0.2, 0) is 6.18 Å². The van der Waals surface area contributed by atoms with Gasteiger partial charge in [-0.2, -0.15) is 13.2 Å². The zero-order valence-electron chi connectivity index (χ0n) is 10.8. The Balaban J connectivity index is 2.33. The number of anilines is 2. The lowest BCUT2D eigenvalue weighted by Crippen LogP contribution is -2.31. The van der Waals surface area contributed by atoms with Gasteiger partial charge < -0.3 is 10.2 Å². The summed E-state index contributed by atoms with van der Waals surface area (Å²) in [5.41, 5.74) is 0. The zero-order chi connectivity index (χ0) is 13.9. The zero-order valence-corrected chi connectivity index (χ0v) is 10.8. The van der Waals surface area contributed by atoms with Gasteiger partial charge in [-0.3, -0.25) is 0 Å². The van der Waals surface area contributed by atoms with Gasteiger partial charge in [0.25, 0.3) is 0 Å². The highest BCUT2D eigenvalue weighted by molar-refractivity contribution is 5.49. The van der Waals surface area contributed by atoms with Gasteiger partial charge in [0.2, 0.25) is 5.82 Å². The monoisotopic (exact) mass is 274 g/mol. The highest BCUT2D eigenvalue weighted by Crippen LogP contribution is 2.30. The van der Waals surface area contributed by atoms with E-state index in [0.717, 1.165) is 32.4 Å². The predicted molar refractivity (Wildman–Crippen MR) is 67.3 cm³/mol. The molecule has 1 aliphatic heterocycles. The second-order valence-corrected chi connectivity index (χ2v) is 4.51. The van der Waals surface area contributed by atoms with Crippen LogP contribution >= 0.6 is 0 Å². The first-order chi connectivity index (χ1) is 9.00. The number of hydrogen-bond acceptors (Lipinski definition) is 4. The van der Waals surface area contributed by atoms with Gasteiger partial charge in [0.1, 0.15) is 11.6 Å². The molecule has 1 N–H and O–H groups in total. The van der Waals surface area contributed by atoms with Gasteiger partial charge in [0.05, 0.1) is 0 Å². The van der Waals surface area contributed by atoms with E-state index in [2.05, 4.69) is 15.3 Å². The number of halogens is 3. The fraction of sp³-hybridized carbons (Fsp3) is 0.667. The Morgan fingerprint density at radius 1 is 1.21 bits per heavy atom. The van der Waals surface area contributed by atoms with Gasteiger partial charge in [0, 0.05) is 25.7 Å². The fourth-order valence-electron chi connectivity index (χ4n) is 2.12. The molecule has 0 spiro atoms. The standard InChI is InChI=1S/C12H17F3N4/c1-2-16-9-8-10(19-6-4-3-5-7-19)18-11(17-9)12(13,14)15/h8H,2-7H2,1H3,(H,16,17,18). The molecule has 1 saturated heterocycles. The van der Waals surface area contributed by atoms with Crippen molar-refractivity contribution in [2.24, 2.45) is 0 Å². The van der Waals surface area contributed by atoms with Crippen molar-refractivity contribution in [1.82, 2.24) is 9.97 Å². The number of nitrogens with zero attached hydrogens (tertiary/aromatic N) is 3. The normalized spacial score (nSPS) is 16.5. The van der Waals surface area contributed by atoms with E-state index in [-0.39, 0.29) is 5.82 Å². The molecule has 0 radical (unpaired) electrons. The van der Waals surface area contributed by atoms with E-state index in [0.29, 0.717) is 12.4 Å². The van der Waals surface area contributed by atoms with Crippen molar-refractivity contribution in [3.05, 3.63) is 11.9 Å².